The Bertz CT molecular complexity index is 745. The van der Waals surface area contributed by atoms with Crippen molar-refractivity contribution >= 4 is 33.3 Å². The molecular formula is C16H18FNO5S. The number of benzene rings is 1. The van der Waals surface area contributed by atoms with Gasteiger partial charge in [-0.2, -0.15) is 0 Å². The largest absolute Gasteiger partial charge is 0.480 e. The van der Waals surface area contributed by atoms with E-state index in [9.17, 15) is 14.0 Å². The fourth-order valence-corrected chi connectivity index (χ4v) is 3.57. The highest BCUT2D eigenvalue weighted by Gasteiger charge is 2.25. The van der Waals surface area contributed by atoms with Crippen molar-refractivity contribution in [2.24, 2.45) is 0 Å². The summed E-state index contributed by atoms with van der Waals surface area (Å²) in [4.78, 5) is 25.3. The van der Waals surface area contributed by atoms with E-state index in [1.165, 1.54) is 25.2 Å². The van der Waals surface area contributed by atoms with Crippen LogP contribution in [0.4, 0.5) is 4.39 Å². The van der Waals surface area contributed by atoms with Crippen LogP contribution in [0.15, 0.2) is 18.2 Å². The summed E-state index contributed by atoms with van der Waals surface area (Å²) in [6.07, 6.45) is 0. The number of rotatable bonds is 8. The van der Waals surface area contributed by atoms with Gasteiger partial charge in [0.05, 0.1) is 18.1 Å². The molecule has 1 aromatic heterocycles. The first-order valence-corrected chi connectivity index (χ1v) is 8.00. The van der Waals surface area contributed by atoms with E-state index in [0.29, 0.717) is 15.6 Å². The summed E-state index contributed by atoms with van der Waals surface area (Å²) in [6.45, 7) is -0.0544. The molecule has 8 heteroatoms. The third-order valence-electron chi connectivity index (χ3n) is 3.42. The number of thiophene rings is 1. The Kier molecular flexibility index (Phi) is 6.24. The zero-order valence-corrected chi connectivity index (χ0v) is 14.2. The van der Waals surface area contributed by atoms with Crippen LogP contribution in [0.2, 0.25) is 0 Å². The van der Waals surface area contributed by atoms with Crippen LogP contribution >= 0.6 is 11.3 Å². The fourth-order valence-electron chi connectivity index (χ4n) is 2.38. The second kappa shape index (κ2) is 8.18. The molecule has 0 spiro atoms. The average molecular weight is 355 g/mol. The number of hydrogen-bond acceptors (Lipinski definition) is 5. The maximum atomic E-state index is 14.2. The highest BCUT2D eigenvalue weighted by molar-refractivity contribution is 7.21. The number of aliphatic carboxylic acids is 1. The molecule has 0 unspecified atom stereocenters. The number of carbonyl (C=O) groups is 2. The van der Waals surface area contributed by atoms with Crippen LogP contribution in [0.5, 0.6) is 0 Å². The van der Waals surface area contributed by atoms with E-state index < -0.39 is 24.2 Å². The number of carbonyl (C=O) groups excluding carboxylic acids is 1. The van der Waals surface area contributed by atoms with E-state index in [4.69, 9.17) is 14.6 Å². The first-order valence-electron chi connectivity index (χ1n) is 7.18. The molecule has 1 N–H and O–H groups in total. The highest BCUT2D eigenvalue weighted by Crippen LogP contribution is 2.34. The maximum Gasteiger partial charge on any atom is 0.323 e. The lowest BCUT2D eigenvalue weighted by atomic mass is 10.1. The monoisotopic (exact) mass is 355 g/mol. The topological polar surface area (TPSA) is 76.1 Å². The molecular weight excluding hydrogens is 337 g/mol. The summed E-state index contributed by atoms with van der Waals surface area (Å²) >= 11 is 1.13. The van der Waals surface area contributed by atoms with Gasteiger partial charge in [0.1, 0.15) is 12.4 Å². The van der Waals surface area contributed by atoms with Gasteiger partial charge >= 0.3 is 5.97 Å². The van der Waals surface area contributed by atoms with Crippen molar-refractivity contribution in [1.82, 2.24) is 4.90 Å². The summed E-state index contributed by atoms with van der Waals surface area (Å²) in [5, 5.41) is 9.36. The van der Waals surface area contributed by atoms with Crippen LogP contribution in [-0.4, -0.2) is 55.8 Å². The Morgan fingerprint density at radius 3 is 2.67 bits per heavy atom. The number of nitrogens with zero attached hydrogens (tertiary/aromatic N) is 1. The van der Waals surface area contributed by atoms with Gasteiger partial charge < -0.3 is 19.5 Å². The normalized spacial score (nSPS) is 11.0. The molecule has 130 valence electrons. The van der Waals surface area contributed by atoms with E-state index in [1.54, 1.807) is 12.1 Å². The van der Waals surface area contributed by atoms with Gasteiger partial charge in [0.15, 0.2) is 0 Å². The molecule has 0 aliphatic heterocycles. The molecule has 1 aromatic carbocycles. The molecule has 1 amide bonds. The number of methoxy groups -OCH3 is 2. The minimum Gasteiger partial charge on any atom is -0.480 e. The molecule has 0 aliphatic rings. The van der Waals surface area contributed by atoms with Crippen molar-refractivity contribution in [1.29, 1.82) is 0 Å². The first kappa shape index (κ1) is 18.3. The number of carboxylic acid groups (broad SMARTS) is 1. The molecule has 2 rings (SSSR count). The van der Waals surface area contributed by atoms with Crippen molar-refractivity contribution < 1.29 is 28.6 Å². The number of fused-ring (bicyclic) bond motifs is 1. The highest BCUT2D eigenvalue weighted by atomic mass is 32.1. The molecule has 0 aliphatic carbocycles. The van der Waals surface area contributed by atoms with Gasteiger partial charge in [-0.25, -0.2) is 4.39 Å². The molecule has 0 radical (unpaired) electrons. The smallest absolute Gasteiger partial charge is 0.323 e. The number of ether oxygens (including phenoxy) is 2. The van der Waals surface area contributed by atoms with Crippen LogP contribution in [0, 0.1) is 5.82 Å². The lowest BCUT2D eigenvalue weighted by molar-refractivity contribution is -0.137. The number of amides is 1. The quantitative estimate of drug-likeness (QED) is 0.787. The Morgan fingerprint density at radius 1 is 1.29 bits per heavy atom. The van der Waals surface area contributed by atoms with Gasteiger partial charge in [0.2, 0.25) is 0 Å². The summed E-state index contributed by atoms with van der Waals surface area (Å²) in [5.41, 5.74) is 0.438. The van der Waals surface area contributed by atoms with Crippen LogP contribution < -0.4 is 0 Å². The summed E-state index contributed by atoms with van der Waals surface area (Å²) < 4.78 is 24.8. The number of hydrogen-bond donors (Lipinski definition) is 1. The third kappa shape index (κ3) is 3.89. The SMILES string of the molecule is COCCN(CC(=O)O)C(=O)c1sc2cccc(F)c2c1COC. The number of carboxylic acids is 1. The standard InChI is InChI=1S/C16H18FNO5S/c1-22-7-6-18(8-13(19)20)16(21)15-10(9-23-2)14-11(17)4-3-5-12(14)24-15/h3-5H,6-9H2,1-2H3,(H,19,20). The Hall–Kier alpha value is -2.03. The summed E-state index contributed by atoms with van der Waals surface area (Å²) in [6, 6.07) is 4.61. The molecule has 0 bridgehead atoms. The summed E-state index contributed by atoms with van der Waals surface area (Å²) in [5.74, 6) is -2.03. The first-order chi connectivity index (χ1) is 11.5. The van der Waals surface area contributed by atoms with Gasteiger partial charge in [0.25, 0.3) is 5.91 Å². The van der Waals surface area contributed by atoms with E-state index in [2.05, 4.69) is 0 Å². The second-order valence-corrected chi connectivity index (χ2v) is 6.12. The molecule has 24 heavy (non-hydrogen) atoms. The molecule has 0 saturated carbocycles. The number of halogens is 1. The lowest BCUT2D eigenvalue weighted by Crippen LogP contribution is -2.38. The van der Waals surface area contributed by atoms with Gasteiger partial charge in [0, 0.05) is 36.4 Å². The third-order valence-corrected chi connectivity index (χ3v) is 4.61. The molecule has 2 aromatic rings. The second-order valence-electron chi connectivity index (χ2n) is 5.07. The van der Waals surface area contributed by atoms with E-state index in [1.807, 2.05) is 0 Å². The van der Waals surface area contributed by atoms with Crippen LogP contribution in [-0.2, 0) is 20.9 Å². The lowest BCUT2D eigenvalue weighted by Gasteiger charge is -2.20. The zero-order chi connectivity index (χ0) is 17.7. The predicted octanol–water partition coefficient (Wildman–Crippen LogP) is 2.36. The fraction of sp³-hybridized carbons (Fsp3) is 0.375. The van der Waals surface area contributed by atoms with Gasteiger partial charge in [-0.1, -0.05) is 6.07 Å². The Morgan fingerprint density at radius 2 is 2.04 bits per heavy atom. The average Bonchev–Trinajstić information content (AvgIpc) is 2.91. The van der Waals surface area contributed by atoms with Crippen molar-refractivity contribution in [2.45, 2.75) is 6.61 Å². The molecule has 0 fully saturated rings. The van der Waals surface area contributed by atoms with E-state index in [0.717, 1.165) is 11.3 Å². The Balaban J connectivity index is 2.47. The molecule has 0 saturated heterocycles. The summed E-state index contributed by atoms with van der Waals surface area (Å²) in [7, 11) is 2.92. The van der Waals surface area contributed by atoms with Crippen molar-refractivity contribution in [3.8, 4) is 0 Å². The van der Waals surface area contributed by atoms with Gasteiger partial charge in [-0.05, 0) is 12.1 Å². The van der Waals surface area contributed by atoms with Crippen molar-refractivity contribution in [2.75, 3.05) is 33.9 Å². The van der Waals surface area contributed by atoms with Gasteiger partial charge in [-0.3, -0.25) is 9.59 Å². The van der Waals surface area contributed by atoms with E-state index >= 15 is 0 Å². The van der Waals surface area contributed by atoms with Crippen molar-refractivity contribution in [3.63, 3.8) is 0 Å². The predicted molar refractivity (Wildman–Crippen MR) is 87.9 cm³/mol. The molecule has 1 heterocycles. The van der Waals surface area contributed by atoms with Crippen LogP contribution in [0.25, 0.3) is 10.1 Å². The minimum atomic E-state index is -1.12. The molecule has 0 atom stereocenters. The zero-order valence-electron chi connectivity index (χ0n) is 13.4. The van der Waals surface area contributed by atoms with Gasteiger partial charge in [-0.15, -0.1) is 11.3 Å². The van der Waals surface area contributed by atoms with Crippen LogP contribution in [0.1, 0.15) is 15.2 Å². The maximum absolute atomic E-state index is 14.2. The van der Waals surface area contributed by atoms with Crippen molar-refractivity contribution in [3.05, 3.63) is 34.5 Å². The van der Waals surface area contributed by atoms with Crippen LogP contribution in [0.3, 0.4) is 0 Å². The minimum absolute atomic E-state index is 0.0627. The molecule has 6 nitrogen and oxygen atoms in total. The van der Waals surface area contributed by atoms with E-state index in [-0.39, 0.29) is 24.6 Å². The Labute approximate surface area is 142 Å².